The van der Waals surface area contributed by atoms with Crippen LogP contribution >= 0.6 is 15.9 Å². The third kappa shape index (κ3) is 3.20. The second kappa shape index (κ2) is 6.48. The molecule has 1 heterocycles. The Bertz CT molecular complexity index is 584. The summed E-state index contributed by atoms with van der Waals surface area (Å²) in [7, 11) is 0. The molecule has 0 fully saturated rings. The first-order chi connectivity index (χ1) is 9.24. The second-order valence-electron chi connectivity index (χ2n) is 4.01. The summed E-state index contributed by atoms with van der Waals surface area (Å²) in [5.74, 6) is 0.464. The van der Waals surface area contributed by atoms with Crippen LogP contribution in [0.15, 0.2) is 47.1 Å². The number of ether oxygens (including phenoxy) is 1. The number of ketones is 1. The summed E-state index contributed by atoms with van der Waals surface area (Å²) >= 11 is 3.35. The minimum atomic E-state index is -0.140. The lowest BCUT2D eigenvalue weighted by Crippen LogP contribution is -2.08. The van der Waals surface area contributed by atoms with Crippen molar-refractivity contribution >= 4 is 21.7 Å². The molecule has 3 nitrogen and oxygen atoms in total. The van der Waals surface area contributed by atoms with Gasteiger partial charge in [-0.25, -0.2) is 0 Å². The topological polar surface area (TPSA) is 39.2 Å². The molecule has 0 aliphatic rings. The first-order valence-electron chi connectivity index (χ1n) is 6.11. The first-order valence-corrected chi connectivity index (χ1v) is 6.90. The maximum absolute atomic E-state index is 12.5. The summed E-state index contributed by atoms with van der Waals surface area (Å²) in [5.41, 5.74) is 0.936. The number of halogens is 1. The van der Waals surface area contributed by atoms with Crippen LogP contribution in [0.3, 0.4) is 0 Å². The largest absolute Gasteiger partial charge is 0.493 e. The Balaban J connectivity index is 2.36. The van der Waals surface area contributed by atoms with Gasteiger partial charge in [-0.05, 0) is 46.6 Å². The molecule has 0 saturated heterocycles. The fourth-order valence-corrected chi connectivity index (χ4v) is 2.11. The van der Waals surface area contributed by atoms with Gasteiger partial charge in [-0.2, -0.15) is 0 Å². The van der Waals surface area contributed by atoms with Gasteiger partial charge in [0.05, 0.1) is 12.2 Å². The lowest BCUT2D eigenvalue weighted by atomic mass is 10.1. The van der Waals surface area contributed by atoms with Gasteiger partial charge in [0.15, 0.2) is 0 Å². The van der Waals surface area contributed by atoms with Crippen LogP contribution in [0.25, 0.3) is 0 Å². The van der Waals surface area contributed by atoms with Gasteiger partial charge in [-0.15, -0.1) is 0 Å². The SMILES string of the molecule is CCCOc1ccccc1C(=O)c1ncccc1Br. The first kappa shape index (κ1) is 13.7. The summed E-state index contributed by atoms with van der Waals surface area (Å²) in [6.45, 7) is 2.62. The second-order valence-corrected chi connectivity index (χ2v) is 4.86. The van der Waals surface area contributed by atoms with Crippen molar-refractivity contribution in [2.75, 3.05) is 6.61 Å². The highest BCUT2D eigenvalue weighted by Gasteiger charge is 2.17. The van der Waals surface area contributed by atoms with Crippen LogP contribution in [-0.4, -0.2) is 17.4 Å². The van der Waals surface area contributed by atoms with Gasteiger partial charge in [0.1, 0.15) is 11.4 Å². The van der Waals surface area contributed by atoms with Gasteiger partial charge in [-0.3, -0.25) is 9.78 Å². The summed E-state index contributed by atoms with van der Waals surface area (Å²) in [4.78, 5) is 16.6. The zero-order valence-electron chi connectivity index (χ0n) is 10.6. The minimum absolute atomic E-state index is 0.140. The van der Waals surface area contributed by atoms with Gasteiger partial charge in [0, 0.05) is 10.7 Å². The Kier molecular flexibility index (Phi) is 4.68. The molecule has 0 radical (unpaired) electrons. The molecule has 19 heavy (non-hydrogen) atoms. The van der Waals surface area contributed by atoms with E-state index in [1.165, 1.54) is 0 Å². The van der Waals surface area contributed by atoms with Crippen LogP contribution in [0.5, 0.6) is 5.75 Å². The molecule has 4 heteroatoms. The Hall–Kier alpha value is -1.68. The Morgan fingerprint density at radius 1 is 1.26 bits per heavy atom. The van der Waals surface area contributed by atoms with Crippen molar-refractivity contribution in [3.63, 3.8) is 0 Å². The number of para-hydroxylation sites is 1. The molecule has 1 aromatic carbocycles. The highest BCUT2D eigenvalue weighted by Crippen LogP contribution is 2.24. The fourth-order valence-electron chi connectivity index (χ4n) is 1.67. The summed E-state index contributed by atoms with van der Waals surface area (Å²) in [5, 5.41) is 0. The molecule has 0 N–H and O–H groups in total. The molecule has 0 unspecified atom stereocenters. The van der Waals surface area contributed by atoms with Gasteiger partial charge in [-0.1, -0.05) is 19.1 Å². The number of aromatic nitrogens is 1. The van der Waals surface area contributed by atoms with Gasteiger partial charge < -0.3 is 4.74 Å². The van der Waals surface area contributed by atoms with Crippen molar-refractivity contribution < 1.29 is 9.53 Å². The van der Waals surface area contributed by atoms with Crippen LogP contribution in [0.4, 0.5) is 0 Å². The summed E-state index contributed by atoms with van der Waals surface area (Å²) < 4.78 is 6.29. The van der Waals surface area contributed by atoms with Crippen LogP contribution < -0.4 is 4.74 Å². The fraction of sp³-hybridized carbons (Fsp3) is 0.200. The maximum Gasteiger partial charge on any atom is 0.216 e. The third-order valence-electron chi connectivity index (χ3n) is 2.57. The monoisotopic (exact) mass is 319 g/mol. The number of hydrogen-bond acceptors (Lipinski definition) is 3. The number of benzene rings is 1. The molecule has 0 spiro atoms. The van der Waals surface area contributed by atoms with E-state index in [-0.39, 0.29) is 5.78 Å². The van der Waals surface area contributed by atoms with E-state index in [0.717, 1.165) is 6.42 Å². The van der Waals surface area contributed by atoms with Gasteiger partial charge in [0.2, 0.25) is 5.78 Å². The molecule has 0 aliphatic heterocycles. The van der Waals surface area contributed by atoms with E-state index in [4.69, 9.17) is 4.74 Å². The average molecular weight is 320 g/mol. The predicted molar refractivity (Wildman–Crippen MR) is 77.6 cm³/mol. The summed E-state index contributed by atoms with van der Waals surface area (Å²) in [6.07, 6.45) is 2.50. The van der Waals surface area contributed by atoms with Crippen molar-refractivity contribution in [3.8, 4) is 5.75 Å². The Morgan fingerprint density at radius 2 is 2.05 bits per heavy atom. The molecule has 0 bridgehead atoms. The van der Waals surface area contributed by atoms with Crippen molar-refractivity contribution in [3.05, 3.63) is 58.3 Å². The zero-order valence-corrected chi connectivity index (χ0v) is 12.2. The van der Waals surface area contributed by atoms with E-state index in [2.05, 4.69) is 20.9 Å². The highest BCUT2D eigenvalue weighted by molar-refractivity contribution is 9.10. The quantitative estimate of drug-likeness (QED) is 0.785. The molecule has 98 valence electrons. The van der Waals surface area contributed by atoms with Crippen LogP contribution in [0.2, 0.25) is 0 Å². The van der Waals surface area contributed by atoms with Crippen LogP contribution in [-0.2, 0) is 0 Å². The van der Waals surface area contributed by atoms with Crippen LogP contribution in [0.1, 0.15) is 29.4 Å². The van der Waals surface area contributed by atoms with Crippen molar-refractivity contribution in [1.82, 2.24) is 4.98 Å². The Morgan fingerprint density at radius 3 is 2.79 bits per heavy atom. The number of carbonyl (C=O) groups is 1. The van der Waals surface area contributed by atoms with Gasteiger partial charge in [0.25, 0.3) is 0 Å². The third-order valence-corrected chi connectivity index (χ3v) is 3.21. The Labute approximate surface area is 120 Å². The molecule has 0 saturated carbocycles. The zero-order chi connectivity index (χ0) is 13.7. The van der Waals surface area contributed by atoms with E-state index in [0.29, 0.717) is 28.1 Å². The number of carbonyl (C=O) groups excluding carboxylic acids is 1. The molecule has 2 aromatic rings. The molecule has 0 aliphatic carbocycles. The van der Waals surface area contributed by atoms with Crippen LogP contribution in [0, 0.1) is 0 Å². The summed E-state index contributed by atoms with van der Waals surface area (Å²) in [6, 6.07) is 10.8. The number of nitrogens with zero attached hydrogens (tertiary/aromatic N) is 1. The minimum Gasteiger partial charge on any atom is -0.493 e. The smallest absolute Gasteiger partial charge is 0.216 e. The predicted octanol–water partition coefficient (Wildman–Crippen LogP) is 3.86. The standard InChI is InChI=1S/C15H14BrNO2/c1-2-10-19-13-8-4-3-6-11(13)15(18)14-12(16)7-5-9-17-14/h3-9H,2,10H2,1H3. The highest BCUT2D eigenvalue weighted by atomic mass is 79.9. The molecule has 2 rings (SSSR count). The number of rotatable bonds is 5. The van der Waals surface area contributed by atoms with Gasteiger partial charge >= 0.3 is 0 Å². The number of pyridine rings is 1. The molecule has 1 aromatic heterocycles. The van der Waals surface area contributed by atoms with E-state index < -0.39 is 0 Å². The molecular weight excluding hydrogens is 306 g/mol. The lowest BCUT2D eigenvalue weighted by Gasteiger charge is -2.10. The van der Waals surface area contributed by atoms with E-state index in [1.54, 1.807) is 30.5 Å². The molecule has 0 amide bonds. The average Bonchev–Trinajstić information content (AvgIpc) is 2.45. The van der Waals surface area contributed by atoms with E-state index in [9.17, 15) is 4.79 Å². The van der Waals surface area contributed by atoms with E-state index >= 15 is 0 Å². The number of hydrogen-bond donors (Lipinski definition) is 0. The van der Waals surface area contributed by atoms with Crippen molar-refractivity contribution in [2.45, 2.75) is 13.3 Å². The van der Waals surface area contributed by atoms with E-state index in [1.807, 2.05) is 19.1 Å². The molecule has 0 atom stereocenters. The molecular formula is C15H14BrNO2. The van der Waals surface area contributed by atoms with Crippen molar-refractivity contribution in [1.29, 1.82) is 0 Å². The van der Waals surface area contributed by atoms with Crippen molar-refractivity contribution in [2.24, 2.45) is 0 Å². The lowest BCUT2D eigenvalue weighted by molar-refractivity contribution is 0.102. The normalized spacial score (nSPS) is 10.2. The maximum atomic E-state index is 12.5.